The Labute approximate surface area is 116 Å². The number of hydrazone groups is 1. The molecular formula is C14H9F5N2. The molecule has 110 valence electrons. The maximum atomic E-state index is 13.3. The van der Waals surface area contributed by atoms with Crippen LogP contribution in [-0.4, -0.2) is 6.21 Å². The third kappa shape index (κ3) is 4.01. The van der Waals surface area contributed by atoms with E-state index < -0.39 is 23.4 Å². The van der Waals surface area contributed by atoms with Gasteiger partial charge < -0.3 is 0 Å². The SMILES string of the molecule is Fc1ccc(F)c(N/N=C/c2ccc(C(F)(F)F)cc2)c1. The fourth-order valence-electron chi connectivity index (χ4n) is 1.52. The summed E-state index contributed by atoms with van der Waals surface area (Å²) in [6.45, 7) is 0. The summed E-state index contributed by atoms with van der Waals surface area (Å²) < 4.78 is 63.2. The van der Waals surface area contributed by atoms with Gasteiger partial charge in [-0.05, 0) is 29.8 Å². The molecule has 0 spiro atoms. The van der Waals surface area contributed by atoms with Crippen LogP contribution in [0.5, 0.6) is 0 Å². The van der Waals surface area contributed by atoms with Crippen LogP contribution in [0.2, 0.25) is 0 Å². The third-order valence-corrected chi connectivity index (χ3v) is 2.57. The van der Waals surface area contributed by atoms with Crippen molar-refractivity contribution in [3.8, 4) is 0 Å². The second kappa shape index (κ2) is 5.90. The molecule has 2 nitrogen and oxygen atoms in total. The Morgan fingerprint density at radius 1 is 0.952 bits per heavy atom. The molecule has 0 aromatic heterocycles. The lowest BCUT2D eigenvalue weighted by atomic mass is 10.1. The van der Waals surface area contributed by atoms with E-state index in [0.717, 1.165) is 30.3 Å². The smallest absolute Gasteiger partial charge is 0.275 e. The van der Waals surface area contributed by atoms with Gasteiger partial charge in [-0.25, -0.2) is 8.78 Å². The topological polar surface area (TPSA) is 24.4 Å². The standard InChI is InChI=1S/C14H9F5N2/c15-11-5-6-12(16)13(7-11)21-20-8-9-1-3-10(4-2-9)14(17,18)19/h1-8,21H/b20-8+. The second-order valence-corrected chi connectivity index (χ2v) is 4.11. The molecule has 0 heterocycles. The predicted molar refractivity (Wildman–Crippen MR) is 69.0 cm³/mol. The number of anilines is 1. The molecule has 21 heavy (non-hydrogen) atoms. The Balaban J connectivity index is 2.06. The van der Waals surface area contributed by atoms with Gasteiger partial charge in [0.2, 0.25) is 0 Å². The first-order valence-corrected chi connectivity index (χ1v) is 5.77. The van der Waals surface area contributed by atoms with Crippen LogP contribution < -0.4 is 5.43 Å². The van der Waals surface area contributed by atoms with Crippen molar-refractivity contribution in [2.24, 2.45) is 5.10 Å². The summed E-state index contributed by atoms with van der Waals surface area (Å²) in [7, 11) is 0. The minimum absolute atomic E-state index is 0.168. The molecule has 0 aliphatic heterocycles. The minimum atomic E-state index is -4.40. The van der Waals surface area contributed by atoms with Crippen molar-refractivity contribution in [3.63, 3.8) is 0 Å². The number of nitrogens with zero attached hydrogens (tertiary/aromatic N) is 1. The van der Waals surface area contributed by atoms with E-state index in [1.54, 1.807) is 0 Å². The van der Waals surface area contributed by atoms with E-state index >= 15 is 0 Å². The van der Waals surface area contributed by atoms with E-state index in [1.807, 2.05) is 0 Å². The summed E-state index contributed by atoms with van der Waals surface area (Å²) in [6.07, 6.45) is -3.21. The molecule has 0 aliphatic carbocycles. The fourth-order valence-corrected chi connectivity index (χ4v) is 1.52. The summed E-state index contributed by atoms with van der Waals surface area (Å²) >= 11 is 0. The Bertz CT molecular complexity index is 647. The number of halogens is 5. The molecule has 1 N–H and O–H groups in total. The Morgan fingerprint density at radius 3 is 2.24 bits per heavy atom. The Kier molecular flexibility index (Phi) is 4.21. The number of benzene rings is 2. The van der Waals surface area contributed by atoms with Crippen LogP contribution in [0.1, 0.15) is 11.1 Å². The molecule has 0 saturated carbocycles. The monoisotopic (exact) mass is 300 g/mol. The van der Waals surface area contributed by atoms with Crippen molar-refractivity contribution >= 4 is 11.9 Å². The molecule has 0 unspecified atom stereocenters. The van der Waals surface area contributed by atoms with Gasteiger partial charge in [0, 0.05) is 6.07 Å². The summed E-state index contributed by atoms with van der Waals surface area (Å²) in [4.78, 5) is 0. The highest BCUT2D eigenvalue weighted by Crippen LogP contribution is 2.28. The van der Waals surface area contributed by atoms with Crippen LogP contribution in [0.15, 0.2) is 47.6 Å². The van der Waals surface area contributed by atoms with E-state index in [-0.39, 0.29) is 5.69 Å². The van der Waals surface area contributed by atoms with Crippen LogP contribution >= 0.6 is 0 Å². The van der Waals surface area contributed by atoms with E-state index in [9.17, 15) is 22.0 Å². The number of hydrogen-bond donors (Lipinski definition) is 1. The number of rotatable bonds is 3. The molecule has 0 amide bonds. The largest absolute Gasteiger partial charge is 0.416 e. The predicted octanol–water partition coefficient (Wildman–Crippen LogP) is 4.43. The number of nitrogens with one attached hydrogen (secondary N) is 1. The van der Waals surface area contributed by atoms with Crippen LogP contribution in [0.25, 0.3) is 0 Å². The summed E-state index contributed by atoms with van der Waals surface area (Å²) in [6, 6.07) is 7.06. The van der Waals surface area contributed by atoms with Gasteiger partial charge in [0.25, 0.3) is 0 Å². The normalized spacial score (nSPS) is 11.9. The van der Waals surface area contributed by atoms with Crippen LogP contribution in [0.3, 0.4) is 0 Å². The second-order valence-electron chi connectivity index (χ2n) is 4.11. The molecular weight excluding hydrogens is 291 g/mol. The van der Waals surface area contributed by atoms with Gasteiger partial charge in [0.15, 0.2) is 0 Å². The molecule has 2 aromatic carbocycles. The molecule has 0 fully saturated rings. The first kappa shape index (κ1) is 15.0. The van der Waals surface area contributed by atoms with E-state index in [4.69, 9.17) is 0 Å². The van der Waals surface area contributed by atoms with Crippen molar-refractivity contribution in [1.82, 2.24) is 0 Å². The van der Waals surface area contributed by atoms with E-state index in [0.29, 0.717) is 5.56 Å². The Morgan fingerprint density at radius 2 is 1.62 bits per heavy atom. The quantitative estimate of drug-likeness (QED) is 0.506. The lowest BCUT2D eigenvalue weighted by molar-refractivity contribution is -0.137. The maximum absolute atomic E-state index is 13.3. The molecule has 0 saturated heterocycles. The molecule has 7 heteroatoms. The van der Waals surface area contributed by atoms with Crippen molar-refractivity contribution in [2.45, 2.75) is 6.18 Å². The zero-order chi connectivity index (χ0) is 15.5. The Hall–Kier alpha value is -2.44. The van der Waals surface area contributed by atoms with Gasteiger partial charge in [-0.15, -0.1) is 0 Å². The van der Waals surface area contributed by atoms with Crippen LogP contribution in [0, 0.1) is 11.6 Å². The maximum Gasteiger partial charge on any atom is 0.416 e. The average Bonchev–Trinajstić information content (AvgIpc) is 2.42. The van der Waals surface area contributed by atoms with Gasteiger partial charge in [-0.2, -0.15) is 18.3 Å². The van der Waals surface area contributed by atoms with Crippen LogP contribution in [0.4, 0.5) is 27.6 Å². The highest BCUT2D eigenvalue weighted by molar-refractivity contribution is 5.80. The zero-order valence-corrected chi connectivity index (χ0v) is 10.5. The third-order valence-electron chi connectivity index (χ3n) is 2.57. The zero-order valence-electron chi connectivity index (χ0n) is 10.5. The van der Waals surface area contributed by atoms with Crippen molar-refractivity contribution in [1.29, 1.82) is 0 Å². The van der Waals surface area contributed by atoms with Gasteiger partial charge >= 0.3 is 6.18 Å². The number of hydrogen-bond acceptors (Lipinski definition) is 2. The molecule has 2 aromatic rings. The molecule has 0 atom stereocenters. The highest BCUT2D eigenvalue weighted by atomic mass is 19.4. The van der Waals surface area contributed by atoms with Gasteiger partial charge in [0.1, 0.15) is 11.6 Å². The number of alkyl halides is 3. The first-order valence-electron chi connectivity index (χ1n) is 5.77. The minimum Gasteiger partial charge on any atom is -0.275 e. The van der Waals surface area contributed by atoms with Gasteiger partial charge in [0.05, 0.1) is 17.5 Å². The van der Waals surface area contributed by atoms with E-state index in [2.05, 4.69) is 10.5 Å². The lowest BCUT2D eigenvalue weighted by Crippen LogP contribution is -2.04. The molecule has 0 radical (unpaired) electrons. The van der Waals surface area contributed by atoms with Gasteiger partial charge in [-0.3, -0.25) is 5.43 Å². The molecule has 0 aliphatic rings. The van der Waals surface area contributed by atoms with Crippen molar-refractivity contribution in [3.05, 3.63) is 65.2 Å². The average molecular weight is 300 g/mol. The van der Waals surface area contributed by atoms with Crippen molar-refractivity contribution in [2.75, 3.05) is 5.43 Å². The fraction of sp³-hybridized carbons (Fsp3) is 0.0714. The van der Waals surface area contributed by atoms with Crippen molar-refractivity contribution < 1.29 is 22.0 Å². The lowest BCUT2D eigenvalue weighted by Gasteiger charge is -2.06. The van der Waals surface area contributed by atoms with Gasteiger partial charge in [-0.1, -0.05) is 12.1 Å². The molecule has 2 rings (SSSR count). The summed E-state index contributed by atoms with van der Waals surface area (Å²) in [5.41, 5.74) is 1.72. The summed E-state index contributed by atoms with van der Waals surface area (Å²) in [5.74, 6) is -1.33. The first-order chi connectivity index (χ1) is 9.86. The van der Waals surface area contributed by atoms with E-state index in [1.165, 1.54) is 18.3 Å². The molecule has 0 bridgehead atoms. The highest BCUT2D eigenvalue weighted by Gasteiger charge is 2.29. The summed E-state index contributed by atoms with van der Waals surface area (Å²) in [5, 5.41) is 3.64. The van der Waals surface area contributed by atoms with Crippen LogP contribution in [-0.2, 0) is 6.18 Å².